The zero-order valence-corrected chi connectivity index (χ0v) is 10.4. The van der Waals surface area contributed by atoms with Gasteiger partial charge in [0.25, 0.3) is 0 Å². The molecule has 1 heteroatoms. The van der Waals surface area contributed by atoms with E-state index in [0.717, 1.165) is 24.8 Å². The van der Waals surface area contributed by atoms with Gasteiger partial charge in [-0.1, -0.05) is 30.7 Å². The van der Waals surface area contributed by atoms with Crippen molar-refractivity contribution in [3.8, 4) is 0 Å². The molecule has 0 aromatic carbocycles. The maximum atomic E-state index is 3.55. The summed E-state index contributed by atoms with van der Waals surface area (Å²) in [4.78, 5) is 0. The maximum absolute atomic E-state index is 3.55. The molecule has 1 N–H and O–H groups in total. The lowest BCUT2D eigenvalue weighted by molar-refractivity contribution is 0.383. The van der Waals surface area contributed by atoms with E-state index in [1.807, 2.05) is 0 Å². The van der Waals surface area contributed by atoms with Crippen molar-refractivity contribution >= 4 is 0 Å². The SMILES string of the molecule is C/C=C/CCNCC1CC(C)=CC(C)C1. The van der Waals surface area contributed by atoms with Gasteiger partial charge in [-0.25, -0.2) is 0 Å². The minimum atomic E-state index is 0.779. The van der Waals surface area contributed by atoms with Gasteiger partial charge in [-0.2, -0.15) is 0 Å². The van der Waals surface area contributed by atoms with Crippen LogP contribution in [0.2, 0.25) is 0 Å². The molecule has 1 nitrogen and oxygen atoms in total. The Kier molecular flexibility index (Phi) is 5.70. The van der Waals surface area contributed by atoms with Gasteiger partial charge >= 0.3 is 0 Å². The van der Waals surface area contributed by atoms with E-state index in [1.165, 1.54) is 19.4 Å². The molecule has 0 radical (unpaired) electrons. The molecule has 0 aromatic heterocycles. The standard InChI is InChI=1S/C14H25N/c1-4-5-6-7-15-11-14-9-12(2)8-13(3)10-14/h4-5,8,12,14-15H,6-7,9-11H2,1-3H3/b5-4+. The molecule has 86 valence electrons. The van der Waals surface area contributed by atoms with E-state index in [1.54, 1.807) is 5.57 Å². The molecule has 0 saturated carbocycles. The summed E-state index contributed by atoms with van der Waals surface area (Å²) in [6.45, 7) is 8.99. The fourth-order valence-electron chi connectivity index (χ4n) is 2.50. The Balaban J connectivity index is 2.14. The molecule has 2 atom stereocenters. The second-order valence-electron chi connectivity index (χ2n) is 4.86. The fourth-order valence-corrected chi connectivity index (χ4v) is 2.50. The summed E-state index contributed by atoms with van der Waals surface area (Å²) in [5.74, 6) is 1.64. The van der Waals surface area contributed by atoms with Gasteiger partial charge < -0.3 is 5.32 Å². The van der Waals surface area contributed by atoms with Crippen molar-refractivity contribution in [2.75, 3.05) is 13.1 Å². The fraction of sp³-hybridized carbons (Fsp3) is 0.714. The van der Waals surface area contributed by atoms with Crippen LogP contribution in [-0.2, 0) is 0 Å². The molecule has 0 aromatic rings. The minimum absolute atomic E-state index is 0.779. The van der Waals surface area contributed by atoms with Crippen molar-refractivity contribution in [3.63, 3.8) is 0 Å². The first kappa shape index (κ1) is 12.5. The smallest absolute Gasteiger partial charge is 0.00142 e. The molecule has 1 aliphatic rings. The normalized spacial score (nSPS) is 27.0. The van der Waals surface area contributed by atoms with Crippen LogP contribution in [-0.4, -0.2) is 13.1 Å². The van der Waals surface area contributed by atoms with Crippen LogP contribution in [0.25, 0.3) is 0 Å². The Hall–Kier alpha value is -0.560. The van der Waals surface area contributed by atoms with E-state index in [2.05, 4.69) is 44.3 Å². The van der Waals surface area contributed by atoms with Crippen molar-refractivity contribution in [1.29, 1.82) is 0 Å². The highest BCUT2D eigenvalue weighted by molar-refractivity contribution is 5.06. The minimum Gasteiger partial charge on any atom is -0.316 e. The third-order valence-electron chi connectivity index (χ3n) is 3.04. The van der Waals surface area contributed by atoms with Gasteiger partial charge in [-0.3, -0.25) is 0 Å². The number of hydrogen-bond donors (Lipinski definition) is 1. The van der Waals surface area contributed by atoms with Crippen LogP contribution in [0.1, 0.15) is 40.0 Å². The molecule has 0 heterocycles. The molecule has 0 bridgehead atoms. The van der Waals surface area contributed by atoms with E-state index in [9.17, 15) is 0 Å². The number of hydrogen-bond acceptors (Lipinski definition) is 1. The Bertz CT molecular complexity index is 227. The second kappa shape index (κ2) is 6.84. The molecule has 1 aliphatic carbocycles. The Morgan fingerprint density at radius 1 is 1.53 bits per heavy atom. The topological polar surface area (TPSA) is 12.0 Å². The van der Waals surface area contributed by atoms with Crippen LogP contribution in [0.4, 0.5) is 0 Å². The van der Waals surface area contributed by atoms with E-state index in [4.69, 9.17) is 0 Å². The third-order valence-corrected chi connectivity index (χ3v) is 3.04. The number of rotatable bonds is 5. The lowest BCUT2D eigenvalue weighted by Gasteiger charge is -2.25. The van der Waals surface area contributed by atoms with Crippen LogP contribution < -0.4 is 5.32 Å². The highest BCUT2D eigenvalue weighted by atomic mass is 14.9. The second-order valence-corrected chi connectivity index (χ2v) is 4.86. The molecule has 1 rings (SSSR count). The zero-order valence-electron chi connectivity index (χ0n) is 10.4. The van der Waals surface area contributed by atoms with Gasteiger partial charge in [-0.15, -0.1) is 0 Å². The molecular formula is C14H25N. The van der Waals surface area contributed by atoms with Crippen LogP contribution in [0.3, 0.4) is 0 Å². The average molecular weight is 207 g/mol. The first-order valence-electron chi connectivity index (χ1n) is 6.21. The van der Waals surface area contributed by atoms with Crippen molar-refractivity contribution in [2.45, 2.75) is 40.0 Å². The van der Waals surface area contributed by atoms with E-state index in [-0.39, 0.29) is 0 Å². The largest absolute Gasteiger partial charge is 0.316 e. The zero-order chi connectivity index (χ0) is 11.1. The van der Waals surface area contributed by atoms with Crippen LogP contribution in [0.15, 0.2) is 23.8 Å². The number of nitrogens with one attached hydrogen (secondary N) is 1. The van der Waals surface area contributed by atoms with E-state index >= 15 is 0 Å². The van der Waals surface area contributed by atoms with Gasteiger partial charge in [-0.05, 0) is 58.0 Å². The first-order valence-corrected chi connectivity index (χ1v) is 6.21. The first-order chi connectivity index (χ1) is 7.22. The molecule has 0 spiro atoms. The molecular weight excluding hydrogens is 182 g/mol. The van der Waals surface area contributed by atoms with Crippen molar-refractivity contribution in [3.05, 3.63) is 23.8 Å². The summed E-state index contributed by atoms with van der Waals surface area (Å²) in [5, 5.41) is 3.55. The molecule has 0 saturated heterocycles. The number of allylic oxidation sites excluding steroid dienone is 3. The predicted molar refractivity (Wildman–Crippen MR) is 67.9 cm³/mol. The maximum Gasteiger partial charge on any atom is -0.00142 e. The summed E-state index contributed by atoms with van der Waals surface area (Å²) >= 11 is 0. The van der Waals surface area contributed by atoms with Gasteiger partial charge in [0.05, 0.1) is 0 Å². The molecule has 0 aliphatic heterocycles. The molecule has 0 amide bonds. The van der Waals surface area contributed by atoms with Crippen molar-refractivity contribution < 1.29 is 0 Å². The highest BCUT2D eigenvalue weighted by Gasteiger charge is 2.17. The summed E-state index contributed by atoms with van der Waals surface area (Å²) in [5.41, 5.74) is 1.58. The summed E-state index contributed by atoms with van der Waals surface area (Å²) in [7, 11) is 0. The van der Waals surface area contributed by atoms with Gasteiger partial charge in [0.15, 0.2) is 0 Å². The van der Waals surface area contributed by atoms with Crippen LogP contribution in [0.5, 0.6) is 0 Å². The van der Waals surface area contributed by atoms with Crippen molar-refractivity contribution in [2.24, 2.45) is 11.8 Å². The summed E-state index contributed by atoms with van der Waals surface area (Å²) in [6.07, 6.45) is 10.6. The molecule has 15 heavy (non-hydrogen) atoms. The Labute approximate surface area is 94.6 Å². The molecule has 2 unspecified atom stereocenters. The molecule has 0 fully saturated rings. The Morgan fingerprint density at radius 2 is 2.33 bits per heavy atom. The summed E-state index contributed by atoms with van der Waals surface area (Å²) in [6, 6.07) is 0. The third kappa shape index (κ3) is 5.17. The highest BCUT2D eigenvalue weighted by Crippen LogP contribution is 2.27. The lowest BCUT2D eigenvalue weighted by Crippen LogP contribution is -2.26. The van der Waals surface area contributed by atoms with Crippen molar-refractivity contribution in [1.82, 2.24) is 5.32 Å². The quantitative estimate of drug-likeness (QED) is 0.537. The lowest BCUT2D eigenvalue weighted by atomic mass is 9.84. The van der Waals surface area contributed by atoms with Gasteiger partial charge in [0.2, 0.25) is 0 Å². The van der Waals surface area contributed by atoms with Crippen LogP contribution >= 0.6 is 0 Å². The average Bonchev–Trinajstić information content (AvgIpc) is 2.16. The summed E-state index contributed by atoms with van der Waals surface area (Å²) < 4.78 is 0. The van der Waals surface area contributed by atoms with Gasteiger partial charge in [0.1, 0.15) is 0 Å². The van der Waals surface area contributed by atoms with E-state index in [0.29, 0.717) is 0 Å². The van der Waals surface area contributed by atoms with Crippen LogP contribution in [0, 0.1) is 11.8 Å². The van der Waals surface area contributed by atoms with E-state index < -0.39 is 0 Å². The monoisotopic (exact) mass is 207 g/mol. The van der Waals surface area contributed by atoms with Gasteiger partial charge in [0, 0.05) is 0 Å². The predicted octanol–water partition coefficient (Wildman–Crippen LogP) is 3.53. The Morgan fingerprint density at radius 3 is 3.00 bits per heavy atom.